The predicted octanol–water partition coefficient (Wildman–Crippen LogP) is 1.88. The van der Waals surface area contributed by atoms with Crippen molar-refractivity contribution < 1.29 is 22.7 Å². The van der Waals surface area contributed by atoms with Crippen LogP contribution in [0.3, 0.4) is 0 Å². The molecule has 0 atom stereocenters. The molecular formula is C15H23NO5S. The number of carbonyl (C=O) groups is 1. The first-order valence-electron chi connectivity index (χ1n) is 7.26. The van der Waals surface area contributed by atoms with Crippen molar-refractivity contribution in [1.29, 1.82) is 0 Å². The summed E-state index contributed by atoms with van der Waals surface area (Å²) in [5.41, 5.74) is 0.724. The summed E-state index contributed by atoms with van der Waals surface area (Å²) in [4.78, 5) is 11.3. The van der Waals surface area contributed by atoms with Gasteiger partial charge in [0.25, 0.3) is 0 Å². The van der Waals surface area contributed by atoms with E-state index >= 15 is 0 Å². The number of benzene rings is 1. The van der Waals surface area contributed by atoms with Gasteiger partial charge < -0.3 is 9.47 Å². The Morgan fingerprint density at radius 3 is 2.59 bits per heavy atom. The number of unbranched alkanes of at least 4 members (excludes halogenated alkanes) is 1. The van der Waals surface area contributed by atoms with Gasteiger partial charge in [0.1, 0.15) is 5.75 Å². The second-order valence-corrected chi connectivity index (χ2v) is 6.51. The van der Waals surface area contributed by atoms with Crippen molar-refractivity contribution in [3.63, 3.8) is 0 Å². The van der Waals surface area contributed by atoms with E-state index in [1.807, 2.05) is 13.8 Å². The third-order valence-corrected chi connectivity index (χ3v) is 4.58. The van der Waals surface area contributed by atoms with Crippen LogP contribution in [0.25, 0.3) is 0 Å². The fourth-order valence-electron chi connectivity index (χ4n) is 1.80. The zero-order chi connectivity index (χ0) is 16.6. The van der Waals surface area contributed by atoms with Crippen molar-refractivity contribution in [3.05, 3.63) is 23.8 Å². The number of esters is 1. The zero-order valence-corrected chi connectivity index (χ0v) is 14.0. The lowest BCUT2D eigenvalue weighted by molar-refractivity contribution is -0.142. The molecule has 0 radical (unpaired) electrons. The number of aryl methyl sites for hydroxylation is 1. The molecule has 0 aliphatic rings. The monoisotopic (exact) mass is 329 g/mol. The van der Waals surface area contributed by atoms with E-state index in [-0.39, 0.29) is 11.5 Å². The molecule has 0 spiro atoms. The van der Waals surface area contributed by atoms with E-state index in [1.54, 1.807) is 12.1 Å². The molecule has 1 aromatic rings. The first-order chi connectivity index (χ1) is 10.4. The first-order valence-corrected chi connectivity index (χ1v) is 8.75. The molecule has 0 aromatic heterocycles. The van der Waals surface area contributed by atoms with E-state index in [9.17, 15) is 13.2 Å². The van der Waals surface area contributed by atoms with Crippen LogP contribution < -0.4 is 9.46 Å². The van der Waals surface area contributed by atoms with Crippen LogP contribution in [0.15, 0.2) is 23.1 Å². The fourth-order valence-corrected chi connectivity index (χ4v) is 2.93. The van der Waals surface area contributed by atoms with Gasteiger partial charge in [-0.25, -0.2) is 17.9 Å². The quantitative estimate of drug-likeness (QED) is 0.552. The number of hydrogen-bond acceptors (Lipinski definition) is 5. The van der Waals surface area contributed by atoms with Crippen molar-refractivity contribution >= 4 is 16.0 Å². The van der Waals surface area contributed by atoms with Gasteiger partial charge >= 0.3 is 5.97 Å². The highest BCUT2D eigenvalue weighted by molar-refractivity contribution is 7.89. The summed E-state index contributed by atoms with van der Waals surface area (Å²) in [6.07, 6.45) is 2.30. The number of nitrogens with one attached hydrogen (secondary N) is 1. The second kappa shape index (κ2) is 8.75. The van der Waals surface area contributed by atoms with Gasteiger partial charge in [-0.1, -0.05) is 20.3 Å². The minimum absolute atomic E-state index is 0.200. The molecular weight excluding hydrogens is 306 g/mol. The first kappa shape index (κ1) is 18.4. The minimum Gasteiger partial charge on any atom is -0.482 e. The van der Waals surface area contributed by atoms with Gasteiger partial charge in [-0.3, -0.25) is 0 Å². The second-order valence-electron chi connectivity index (χ2n) is 4.74. The normalized spacial score (nSPS) is 11.2. The Hall–Kier alpha value is -1.60. The van der Waals surface area contributed by atoms with Crippen LogP contribution in [0, 0.1) is 0 Å². The van der Waals surface area contributed by atoms with Crippen LogP contribution >= 0.6 is 0 Å². The summed E-state index contributed by atoms with van der Waals surface area (Å²) in [5, 5.41) is 0. The summed E-state index contributed by atoms with van der Waals surface area (Å²) < 4.78 is 36.8. The topological polar surface area (TPSA) is 81.7 Å². The maximum absolute atomic E-state index is 12.2. The van der Waals surface area contributed by atoms with Gasteiger partial charge in [-0.15, -0.1) is 0 Å². The molecule has 0 aliphatic carbocycles. The van der Waals surface area contributed by atoms with Crippen LogP contribution in [0.4, 0.5) is 0 Å². The van der Waals surface area contributed by atoms with E-state index < -0.39 is 16.0 Å². The third-order valence-electron chi connectivity index (χ3n) is 3.12. The molecule has 22 heavy (non-hydrogen) atoms. The smallest absolute Gasteiger partial charge is 0.343 e. The van der Waals surface area contributed by atoms with Crippen molar-refractivity contribution in [2.24, 2.45) is 0 Å². The summed E-state index contributed by atoms with van der Waals surface area (Å²) in [7, 11) is -2.23. The number of rotatable bonds is 9. The standard InChI is InChI=1S/C15H23NO5S/c1-4-6-9-16-22(18,19)13-7-8-14(12(5-2)10-13)21-11-15(17)20-3/h7-8,10,16H,4-6,9,11H2,1-3H3. The lowest BCUT2D eigenvalue weighted by Crippen LogP contribution is -2.24. The summed E-state index contributed by atoms with van der Waals surface area (Å²) in [6.45, 7) is 4.10. The molecule has 124 valence electrons. The zero-order valence-electron chi connectivity index (χ0n) is 13.2. The van der Waals surface area contributed by atoms with Crippen molar-refractivity contribution in [1.82, 2.24) is 4.72 Å². The molecule has 0 fully saturated rings. The molecule has 0 saturated heterocycles. The van der Waals surface area contributed by atoms with Gasteiger partial charge in [0, 0.05) is 6.54 Å². The minimum atomic E-state index is -3.51. The Morgan fingerprint density at radius 1 is 1.27 bits per heavy atom. The van der Waals surface area contributed by atoms with Gasteiger partial charge in [0.05, 0.1) is 12.0 Å². The molecule has 1 aromatic carbocycles. The number of sulfonamides is 1. The van der Waals surface area contributed by atoms with Gasteiger partial charge in [0.15, 0.2) is 6.61 Å². The Labute approximate surface area is 131 Å². The van der Waals surface area contributed by atoms with E-state index in [0.717, 1.165) is 18.4 Å². The molecule has 1 rings (SSSR count). The van der Waals surface area contributed by atoms with Crippen LogP contribution in [-0.4, -0.2) is 34.6 Å². The molecule has 7 heteroatoms. The highest BCUT2D eigenvalue weighted by Crippen LogP contribution is 2.23. The lowest BCUT2D eigenvalue weighted by Gasteiger charge is -2.12. The fraction of sp³-hybridized carbons (Fsp3) is 0.533. The number of carbonyl (C=O) groups excluding carboxylic acids is 1. The van der Waals surface area contributed by atoms with E-state index in [0.29, 0.717) is 18.7 Å². The maximum Gasteiger partial charge on any atom is 0.343 e. The molecule has 0 aliphatic heterocycles. The van der Waals surface area contributed by atoms with Crippen LogP contribution in [-0.2, 0) is 26.0 Å². The number of methoxy groups -OCH3 is 1. The van der Waals surface area contributed by atoms with Gasteiger partial charge in [0.2, 0.25) is 10.0 Å². The van der Waals surface area contributed by atoms with Crippen LogP contribution in [0.5, 0.6) is 5.75 Å². The highest BCUT2D eigenvalue weighted by Gasteiger charge is 2.16. The molecule has 6 nitrogen and oxygen atoms in total. The van der Waals surface area contributed by atoms with Crippen LogP contribution in [0.1, 0.15) is 32.3 Å². The summed E-state index contributed by atoms with van der Waals surface area (Å²) in [5.74, 6) is 0.000363. The molecule has 0 heterocycles. The van der Waals surface area contributed by atoms with E-state index in [1.165, 1.54) is 13.2 Å². The maximum atomic E-state index is 12.2. The predicted molar refractivity (Wildman–Crippen MR) is 83.4 cm³/mol. The average Bonchev–Trinajstić information content (AvgIpc) is 2.52. The summed E-state index contributed by atoms with van der Waals surface area (Å²) >= 11 is 0. The average molecular weight is 329 g/mol. The largest absolute Gasteiger partial charge is 0.482 e. The van der Waals surface area contributed by atoms with Gasteiger partial charge in [-0.2, -0.15) is 0 Å². The number of ether oxygens (including phenoxy) is 2. The SMILES string of the molecule is CCCCNS(=O)(=O)c1ccc(OCC(=O)OC)c(CC)c1. The molecule has 1 N–H and O–H groups in total. The molecule has 0 amide bonds. The molecule has 0 unspecified atom stereocenters. The lowest BCUT2D eigenvalue weighted by atomic mass is 10.1. The number of hydrogen-bond donors (Lipinski definition) is 1. The Morgan fingerprint density at radius 2 is 2.00 bits per heavy atom. The Bertz CT molecular complexity index is 598. The van der Waals surface area contributed by atoms with Gasteiger partial charge in [-0.05, 0) is 36.6 Å². The molecule has 0 saturated carbocycles. The summed E-state index contributed by atoms with van der Waals surface area (Å²) in [6, 6.07) is 4.61. The molecule has 0 bridgehead atoms. The van der Waals surface area contributed by atoms with E-state index in [2.05, 4.69) is 9.46 Å². The van der Waals surface area contributed by atoms with Crippen molar-refractivity contribution in [2.45, 2.75) is 38.0 Å². The van der Waals surface area contributed by atoms with Crippen molar-refractivity contribution in [3.8, 4) is 5.75 Å². The van der Waals surface area contributed by atoms with Crippen molar-refractivity contribution in [2.75, 3.05) is 20.3 Å². The Balaban J connectivity index is 2.89. The third kappa shape index (κ3) is 5.31. The van der Waals surface area contributed by atoms with E-state index in [4.69, 9.17) is 4.74 Å². The van der Waals surface area contributed by atoms with Crippen LogP contribution in [0.2, 0.25) is 0 Å². The highest BCUT2D eigenvalue weighted by atomic mass is 32.2. The Kier molecular flexibility index (Phi) is 7.34.